The van der Waals surface area contributed by atoms with Gasteiger partial charge in [0.25, 0.3) is 0 Å². The maximum Gasteiger partial charge on any atom is 0.401 e. The first-order valence-corrected chi connectivity index (χ1v) is 5.87. The van der Waals surface area contributed by atoms with Crippen LogP contribution in [-0.2, 0) is 4.79 Å². The smallest absolute Gasteiger partial charge is 0.401 e. The van der Waals surface area contributed by atoms with Gasteiger partial charge < -0.3 is 5.11 Å². The molecule has 0 aromatic carbocycles. The van der Waals surface area contributed by atoms with Gasteiger partial charge >= 0.3 is 12.1 Å². The van der Waals surface area contributed by atoms with Crippen LogP contribution >= 0.6 is 0 Å². The number of aliphatic carboxylic acids is 1. The zero-order valence-corrected chi connectivity index (χ0v) is 9.81. The van der Waals surface area contributed by atoms with Crippen LogP contribution in [0.15, 0.2) is 0 Å². The quantitative estimate of drug-likeness (QED) is 0.809. The first-order chi connectivity index (χ1) is 7.82. The maximum atomic E-state index is 12.2. The van der Waals surface area contributed by atoms with Gasteiger partial charge in [0.2, 0.25) is 0 Å². The molecule has 100 valence electrons. The maximum absolute atomic E-state index is 12.2. The van der Waals surface area contributed by atoms with E-state index in [1.165, 1.54) is 0 Å². The Kier molecular flexibility index (Phi) is 4.41. The van der Waals surface area contributed by atoms with Crippen LogP contribution in [0.4, 0.5) is 13.2 Å². The van der Waals surface area contributed by atoms with Crippen molar-refractivity contribution in [3.05, 3.63) is 0 Å². The van der Waals surface area contributed by atoms with Crippen LogP contribution in [0.3, 0.4) is 0 Å². The van der Waals surface area contributed by atoms with Crippen molar-refractivity contribution in [3.63, 3.8) is 0 Å². The van der Waals surface area contributed by atoms with Crippen LogP contribution in [0.1, 0.15) is 39.0 Å². The van der Waals surface area contributed by atoms with Crippen LogP contribution in [0.25, 0.3) is 0 Å². The van der Waals surface area contributed by atoms with E-state index in [9.17, 15) is 23.1 Å². The lowest BCUT2D eigenvalue weighted by atomic mass is 9.71. The second-order valence-electron chi connectivity index (χ2n) is 4.60. The Morgan fingerprint density at radius 2 is 2.12 bits per heavy atom. The van der Waals surface area contributed by atoms with E-state index in [0.717, 1.165) is 6.42 Å². The molecule has 0 radical (unpaired) electrons. The summed E-state index contributed by atoms with van der Waals surface area (Å²) >= 11 is 0. The molecular weight excluding hydrogens is 235 g/mol. The summed E-state index contributed by atoms with van der Waals surface area (Å²) in [4.78, 5) is 11.3. The summed E-state index contributed by atoms with van der Waals surface area (Å²) in [5.74, 6) is -1.38. The van der Waals surface area contributed by atoms with E-state index < -0.39 is 24.2 Å². The lowest BCUT2D eigenvalue weighted by Gasteiger charge is -2.41. The van der Waals surface area contributed by atoms with Gasteiger partial charge in [-0.1, -0.05) is 26.2 Å². The second kappa shape index (κ2) is 5.25. The second-order valence-corrected chi connectivity index (χ2v) is 4.60. The van der Waals surface area contributed by atoms with E-state index in [0.29, 0.717) is 19.3 Å². The van der Waals surface area contributed by atoms with Crippen molar-refractivity contribution in [3.8, 4) is 0 Å². The summed E-state index contributed by atoms with van der Waals surface area (Å²) < 4.78 is 36.7. The summed E-state index contributed by atoms with van der Waals surface area (Å²) in [6.45, 7) is 0.582. The Hall–Kier alpha value is -0.780. The Morgan fingerprint density at radius 1 is 1.47 bits per heavy atom. The molecular formula is C11H18F3NO2. The molecule has 0 amide bonds. The third-order valence-corrected chi connectivity index (χ3v) is 3.55. The van der Waals surface area contributed by atoms with Gasteiger partial charge in [0, 0.05) is 0 Å². The Labute approximate surface area is 98.4 Å². The van der Waals surface area contributed by atoms with E-state index in [-0.39, 0.29) is 12.3 Å². The molecule has 1 rings (SSSR count). The van der Waals surface area contributed by atoms with Crippen molar-refractivity contribution in [2.75, 3.05) is 6.54 Å². The Bertz CT molecular complexity index is 280. The van der Waals surface area contributed by atoms with Crippen molar-refractivity contribution < 1.29 is 23.1 Å². The number of carbonyl (C=O) groups is 1. The first-order valence-electron chi connectivity index (χ1n) is 5.87. The Morgan fingerprint density at radius 3 is 2.59 bits per heavy atom. The number of halogens is 3. The van der Waals surface area contributed by atoms with Gasteiger partial charge in [-0.2, -0.15) is 13.2 Å². The highest BCUT2D eigenvalue weighted by molar-refractivity contribution is 5.79. The van der Waals surface area contributed by atoms with Gasteiger partial charge in [0.1, 0.15) is 5.54 Å². The number of hydrogen-bond donors (Lipinski definition) is 2. The SMILES string of the molecule is CCC1CCCCC1(NCC(F)(F)F)C(=O)O. The van der Waals surface area contributed by atoms with E-state index >= 15 is 0 Å². The largest absolute Gasteiger partial charge is 0.480 e. The van der Waals surface area contributed by atoms with Crippen molar-refractivity contribution in [1.82, 2.24) is 5.32 Å². The average molecular weight is 253 g/mol. The highest BCUT2D eigenvalue weighted by atomic mass is 19.4. The average Bonchev–Trinajstić information content (AvgIpc) is 2.25. The number of carboxylic acids is 1. The van der Waals surface area contributed by atoms with E-state index in [1.807, 2.05) is 6.92 Å². The van der Waals surface area contributed by atoms with Gasteiger partial charge in [-0.15, -0.1) is 0 Å². The highest BCUT2D eigenvalue weighted by Crippen LogP contribution is 2.36. The van der Waals surface area contributed by atoms with Crippen molar-refractivity contribution in [2.24, 2.45) is 5.92 Å². The van der Waals surface area contributed by atoms with Crippen LogP contribution in [0, 0.1) is 5.92 Å². The van der Waals surface area contributed by atoms with Crippen molar-refractivity contribution in [1.29, 1.82) is 0 Å². The van der Waals surface area contributed by atoms with E-state index in [2.05, 4.69) is 5.32 Å². The Balaban J connectivity index is 2.83. The molecule has 0 aliphatic heterocycles. The molecule has 0 heterocycles. The minimum Gasteiger partial charge on any atom is -0.480 e. The molecule has 2 N–H and O–H groups in total. The fourth-order valence-corrected chi connectivity index (χ4v) is 2.65. The fraction of sp³-hybridized carbons (Fsp3) is 0.909. The van der Waals surface area contributed by atoms with Crippen LogP contribution < -0.4 is 5.32 Å². The molecule has 1 aliphatic carbocycles. The molecule has 2 unspecified atom stereocenters. The number of nitrogens with one attached hydrogen (secondary N) is 1. The van der Waals surface area contributed by atoms with Gasteiger partial charge in [0.05, 0.1) is 6.54 Å². The van der Waals surface area contributed by atoms with E-state index in [4.69, 9.17) is 0 Å². The van der Waals surface area contributed by atoms with Gasteiger partial charge in [-0.3, -0.25) is 10.1 Å². The summed E-state index contributed by atoms with van der Waals surface area (Å²) in [7, 11) is 0. The topological polar surface area (TPSA) is 49.3 Å². The molecule has 0 bridgehead atoms. The predicted octanol–water partition coefficient (Wildman–Crippen LogP) is 2.56. The van der Waals surface area contributed by atoms with Crippen molar-refractivity contribution in [2.45, 2.75) is 50.7 Å². The molecule has 6 heteroatoms. The molecule has 2 atom stereocenters. The summed E-state index contributed by atoms with van der Waals surface area (Å²) in [6, 6.07) is 0. The minimum absolute atomic E-state index is 0.226. The molecule has 3 nitrogen and oxygen atoms in total. The summed E-state index contributed by atoms with van der Waals surface area (Å²) in [6.07, 6.45) is -1.30. The van der Waals surface area contributed by atoms with Gasteiger partial charge in [0.15, 0.2) is 0 Å². The molecule has 0 aromatic heterocycles. The monoisotopic (exact) mass is 253 g/mol. The lowest BCUT2D eigenvalue weighted by Crippen LogP contribution is -2.60. The molecule has 1 saturated carbocycles. The standard InChI is InChI=1S/C11H18F3NO2/c1-2-8-5-3-4-6-10(8,9(16)17)15-7-11(12,13)14/h8,15H,2-7H2,1H3,(H,16,17). The molecule has 0 aromatic rings. The fourth-order valence-electron chi connectivity index (χ4n) is 2.65. The van der Waals surface area contributed by atoms with Crippen LogP contribution in [-0.4, -0.2) is 29.3 Å². The number of rotatable bonds is 4. The highest BCUT2D eigenvalue weighted by Gasteiger charge is 2.47. The molecule has 17 heavy (non-hydrogen) atoms. The van der Waals surface area contributed by atoms with Gasteiger partial charge in [-0.05, 0) is 18.8 Å². The molecule has 0 saturated heterocycles. The lowest BCUT2D eigenvalue weighted by molar-refractivity contribution is -0.156. The van der Waals surface area contributed by atoms with Crippen LogP contribution in [0.5, 0.6) is 0 Å². The van der Waals surface area contributed by atoms with Crippen LogP contribution in [0.2, 0.25) is 0 Å². The van der Waals surface area contributed by atoms with E-state index in [1.54, 1.807) is 0 Å². The zero-order valence-electron chi connectivity index (χ0n) is 9.81. The third-order valence-electron chi connectivity index (χ3n) is 3.55. The predicted molar refractivity (Wildman–Crippen MR) is 56.7 cm³/mol. The third kappa shape index (κ3) is 3.34. The minimum atomic E-state index is -4.38. The summed E-state index contributed by atoms with van der Waals surface area (Å²) in [5.41, 5.74) is -1.40. The number of carboxylic acid groups (broad SMARTS) is 1. The first kappa shape index (κ1) is 14.3. The molecule has 1 fully saturated rings. The molecule has 0 spiro atoms. The normalized spacial score (nSPS) is 30.2. The number of alkyl halides is 3. The zero-order chi connectivity index (χ0) is 13.1. The summed E-state index contributed by atoms with van der Waals surface area (Å²) in [5, 5.41) is 11.5. The molecule has 1 aliphatic rings. The number of hydrogen-bond acceptors (Lipinski definition) is 2. The van der Waals surface area contributed by atoms with Crippen molar-refractivity contribution >= 4 is 5.97 Å². The van der Waals surface area contributed by atoms with Gasteiger partial charge in [-0.25, -0.2) is 0 Å².